The van der Waals surface area contributed by atoms with Crippen LogP contribution in [0.15, 0.2) is 15.9 Å². The number of anilines is 1. The molecule has 4 nitrogen and oxygen atoms in total. The number of carbonyl (C=O) groups is 1. The van der Waals surface area contributed by atoms with E-state index in [0.29, 0.717) is 4.88 Å². The number of aromatic carboxylic acids is 1. The normalized spacial score (nSPS) is 10.5. The summed E-state index contributed by atoms with van der Waals surface area (Å²) in [5, 5.41) is 11.1. The van der Waals surface area contributed by atoms with Gasteiger partial charge in [0.15, 0.2) is 10.8 Å². The molecule has 2 aromatic heterocycles. The number of hydrogen-bond acceptors (Lipinski definition) is 5. The minimum atomic E-state index is -1.05. The minimum Gasteiger partial charge on any atom is -0.476 e. The lowest BCUT2D eigenvalue weighted by atomic mass is 10.3. The van der Waals surface area contributed by atoms with E-state index in [4.69, 9.17) is 10.8 Å². The van der Waals surface area contributed by atoms with E-state index in [2.05, 4.69) is 20.9 Å². The van der Waals surface area contributed by atoms with Gasteiger partial charge in [-0.3, -0.25) is 0 Å². The highest BCUT2D eigenvalue weighted by atomic mass is 79.9. The standard InChI is InChI=1S/C8H5BrN2O2S2/c9-3-1-4(14-2-3)6-5(7(12)13)11-8(10)15-6/h1-2H,(H2,10,11)(H,12,13). The molecule has 0 atom stereocenters. The van der Waals surface area contributed by atoms with Gasteiger partial charge in [0.05, 0.1) is 4.88 Å². The van der Waals surface area contributed by atoms with Crippen molar-refractivity contribution >= 4 is 49.7 Å². The second kappa shape index (κ2) is 3.92. The van der Waals surface area contributed by atoms with Crippen LogP contribution < -0.4 is 5.73 Å². The third-order valence-electron chi connectivity index (χ3n) is 1.64. The maximum atomic E-state index is 10.9. The van der Waals surface area contributed by atoms with Gasteiger partial charge in [-0.15, -0.1) is 11.3 Å². The molecule has 0 aliphatic rings. The van der Waals surface area contributed by atoms with Crippen LogP contribution in [0.5, 0.6) is 0 Å². The summed E-state index contributed by atoms with van der Waals surface area (Å²) in [5.74, 6) is -1.05. The quantitative estimate of drug-likeness (QED) is 0.894. The van der Waals surface area contributed by atoms with Crippen LogP contribution in [-0.2, 0) is 0 Å². The Balaban J connectivity index is 2.56. The maximum absolute atomic E-state index is 10.9. The fourth-order valence-electron chi connectivity index (χ4n) is 1.08. The van der Waals surface area contributed by atoms with Crippen molar-refractivity contribution in [2.75, 3.05) is 5.73 Å². The molecule has 3 N–H and O–H groups in total. The minimum absolute atomic E-state index is 0.0202. The van der Waals surface area contributed by atoms with Crippen molar-refractivity contribution in [2.45, 2.75) is 0 Å². The van der Waals surface area contributed by atoms with Gasteiger partial charge in [-0.05, 0) is 22.0 Å². The Morgan fingerprint density at radius 2 is 2.33 bits per heavy atom. The number of nitrogen functional groups attached to an aromatic ring is 1. The predicted molar refractivity (Wildman–Crippen MR) is 64.5 cm³/mol. The Bertz CT molecular complexity index is 520. The van der Waals surface area contributed by atoms with E-state index in [1.165, 1.54) is 22.7 Å². The van der Waals surface area contributed by atoms with E-state index >= 15 is 0 Å². The van der Waals surface area contributed by atoms with Crippen molar-refractivity contribution in [1.82, 2.24) is 4.98 Å². The number of nitrogens with two attached hydrogens (primary N) is 1. The molecule has 2 heterocycles. The third-order valence-corrected chi connectivity index (χ3v) is 4.39. The highest BCUT2D eigenvalue weighted by molar-refractivity contribution is 9.10. The second-order valence-electron chi connectivity index (χ2n) is 2.66. The first-order valence-electron chi connectivity index (χ1n) is 3.82. The van der Waals surface area contributed by atoms with Crippen molar-refractivity contribution in [1.29, 1.82) is 0 Å². The van der Waals surface area contributed by atoms with Gasteiger partial charge in [-0.25, -0.2) is 9.78 Å². The van der Waals surface area contributed by atoms with E-state index in [0.717, 1.165) is 9.35 Å². The zero-order valence-electron chi connectivity index (χ0n) is 7.23. The lowest BCUT2D eigenvalue weighted by molar-refractivity contribution is 0.0692. The number of halogens is 1. The molecular formula is C8H5BrN2O2S2. The number of thiazole rings is 1. The molecule has 0 saturated heterocycles. The molecule has 0 bridgehead atoms. The lowest BCUT2D eigenvalue weighted by Gasteiger charge is -1.92. The summed E-state index contributed by atoms with van der Waals surface area (Å²) >= 11 is 5.95. The SMILES string of the molecule is Nc1nc(C(=O)O)c(-c2cc(Br)cs2)s1. The van der Waals surface area contributed by atoms with E-state index in [1.807, 2.05) is 11.4 Å². The number of carboxylic acid groups (broad SMARTS) is 1. The average molecular weight is 305 g/mol. The number of aromatic nitrogens is 1. The summed E-state index contributed by atoms with van der Waals surface area (Å²) in [7, 11) is 0. The van der Waals surface area contributed by atoms with Crippen LogP contribution in [0, 0.1) is 0 Å². The first kappa shape index (κ1) is 10.6. The monoisotopic (exact) mass is 304 g/mol. The molecule has 2 aromatic rings. The van der Waals surface area contributed by atoms with Crippen LogP contribution in [-0.4, -0.2) is 16.1 Å². The van der Waals surface area contributed by atoms with Crippen LogP contribution >= 0.6 is 38.6 Å². The molecule has 2 rings (SSSR count). The number of thiophene rings is 1. The molecular weight excluding hydrogens is 300 g/mol. The fourth-order valence-corrected chi connectivity index (χ4v) is 3.45. The van der Waals surface area contributed by atoms with Crippen LogP contribution in [0.1, 0.15) is 10.5 Å². The first-order valence-corrected chi connectivity index (χ1v) is 6.31. The summed E-state index contributed by atoms with van der Waals surface area (Å²) in [6.07, 6.45) is 0. The Morgan fingerprint density at radius 3 is 2.87 bits per heavy atom. The van der Waals surface area contributed by atoms with Gasteiger partial charge in [-0.1, -0.05) is 11.3 Å². The van der Waals surface area contributed by atoms with Gasteiger partial charge in [0.25, 0.3) is 0 Å². The molecule has 0 aliphatic heterocycles. The van der Waals surface area contributed by atoms with Crippen molar-refractivity contribution in [3.05, 3.63) is 21.6 Å². The molecule has 15 heavy (non-hydrogen) atoms. The van der Waals surface area contributed by atoms with Gasteiger partial charge in [0, 0.05) is 14.7 Å². The molecule has 0 spiro atoms. The number of carboxylic acids is 1. The smallest absolute Gasteiger partial charge is 0.356 e. The topological polar surface area (TPSA) is 76.2 Å². The molecule has 7 heteroatoms. The predicted octanol–water partition coefficient (Wildman–Crippen LogP) is 2.91. The Hall–Kier alpha value is -0.920. The van der Waals surface area contributed by atoms with Crippen LogP contribution in [0.2, 0.25) is 0 Å². The van der Waals surface area contributed by atoms with Crippen LogP contribution in [0.3, 0.4) is 0 Å². The largest absolute Gasteiger partial charge is 0.476 e. The summed E-state index contributed by atoms with van der Waals surface area (Å²) in [5.41, 5.74) is 5.52. The van der Waals surface area contributed by atoms with Gasteiger partial charge in [0.2, 0.25) is 0 Å². The fraction of sp³-hybridized carbons (Fsp3) is 0. The van der Waals surface area contributed by atoms with Crippen molar-refractivity contribution in [3.8, 4) is 9.75 Å². The molecule has 0 aromatic carbocycles. The number of rotatable bonds is 2. The van der Waals surface area contributed by atoms with E-state index < -0.39 is 5.97 Å². The highest BCUT2D eigenvalue weighted by Crippen LogP contribution is 2.37. The zero-order valence-corrected chi connectivity index (χ0v) is 10.4. The summed E-state index contributed by atoms with van der Waals surface area (Å²) in [6, 6.07) is 1.85. The van der Waals surface area contributed by atoms with Gasteiger partial charge in [-0.2, -0.15) is 0 Å². The van der Waals surface area contributed by atoms with Crippen LogP contribution in [0.25, 0.3) is 9.75 Å². The van der Waals surface area contributed by atoms with Crippen LogP contribution in [0.4, 0.5) is 5.13 Å². The maximum Gasteiger partial charge on any atom is 0.356 e. The van der Waals surface area contributed by atoms with Gasteiger partial charge in [0.1, 0.15) is 0 Å². The Kier molecular flexibility index (Phi) is 2.76. The van der Waals surface area contributed by atoms with Gasteiger partial charge < -0.3 is 10.8 Å². The van der Waals surface area contributed by atoms with Gasteiger partial charge >= 0.3 is 5.97 Å². The summed E-state index contributed by atoms with van der Waals surface area (Å²) in [4.78, 5) is 16.1. The van der Waals surface area contributed by atoms with E-state index in [-0.39, 0.29) is 10.8 Å². The third kappa shape index (κ3) is 2.04. The molecule has 0 saturated carbocycles. The van der Waals surface area contributed by atoms with Crippen molar-refractivity contribution in [2.24, 2.45) is 0 Å². The summed E-state index contributed by atoms with van der Waals surface area (Å²) in [6.45, 7) is 0. The van der Waals surface area contributed by atoms with E-state index in [1.54, 1.807) is 0 Å². The van der Waals surface area contributed by atoms with Crippen molar-refractivity contribution in [3.63, 3.8) is 0 Å². The molecule has 0 amide bonds. The second-order valence-corrected chi connectivity index (χ2v) is 5.52. The summed E-state index contributed by atoms with van der Waals surface area (Å²) < 4.78 is 0.922. The average Bonchev–Trinajstić information content (AvgIpc) is 2.71. The molecule has 0 fully saturated rings. The van der Waals surface area contributed by atoms with E-state index in [9.17, 15) is 4.79 Å². The molecule has 78 valence electrons. The molecule has 0 aliphatic carbocycles. The zero-order chi connectivity index (χ0) is 11.0. The molecule has 0 unspecified atom stereocenters. The number of hydrogen-bond donors (Lipinski definition) is 2. The lowest BCUT2D eigenvalue weighted by Crippen LogP contribution is -1.98. The highest BCUT2D eigenvalue weighted by Gasteiger charge is 2.18. The Morgan fingerprint density at radius 1 is 1.60 bits per heavy atom. The first-order chi connectivity index (χ1) is 7.08. The Labute approximate surface area is 102 Å². The molecule has 0 radical (unpaired) electrons. The number of nitrogens with zero attached hydrogens (tertiary/aromatic N) is 1. The van der Waals surface area contributed by atoms with Crippen molar-refractivity contribution < 1.29 is 9.90 Å².